The molecular formula is C15H18N4O2. The third-order valence-electron chi connectivity index (χ3n) is 3.14. The lowest BCUT2D eigenvalue weighted by Gasteiger charge is -2.16. The van der Waals surface area contributed by atoms with Crippen molar-refractivity contribution in [1.82, 2.24) is 15.1 Å². The number of carbonyl (C=O) groups is 2. The van der Waals surface area contributed by atoms with Gasteiger partial charge in [-0.2, -0.15) is 5.10 Å². The normalized spacial score (nSPS) is 10.2. The number of aromatic amines is 1. The average molecular weight is 286 g/mol. The lowest BCUT2D eigenvalue weighted by atomic mass is 10.2. The Morgan fingerprint density at radius 1 is 1.24 bits per heavy atom. The highest BCUT2D eigenvalue weighted by molar-refractivity contribution is 5.99. The van der Waals surface area contributed by atoms with Gasteiger partial charge in [0.15, 0.2) is 0 Å². The molecule has 6 nitrogen and oxygen atoms in total. The molecule has 0 aliphatic rings. The van der Waals surface area contributed by atoms with E-state index >= 15 is 0 Å². The number of H-pyrrole nitrogens is 1. The molecule has 2 N–H and O–H groups in total. The third-order valence-corrected chi connectivity index (χ3v) is 3.14. The first kappa shape index (κ1) is 14.8. The van der Waals surface area contributed by atoms with E-state index in [1.807, 2.05) is 13.0 Å². The first-order chi connectivity index (χ1) is 9.99. The fraction of sp³-hybridized carbons (Fsp3) is 0.267. The van der Waals surface area contributed by atoms with Gasteiger partial charge in [-0.05, 0) is 26.0 Å². The van der Waals surface area contributed by atoms with Crippen LogP contribution in [0, 0.1) is 13.8 Å². The Labute approximate surface area is 123 Å². The van der Waals surface area contributed by atoms with E-state index in [1.165, 1.54) is 4.90 Å². The molecule has 0 atom stereocenters. The van der Waals surface area contributed by atoms with Gasteiger partial charge >= 0.3 is 0 Å². The summed E-state index contributed by atoms with van der Waals surface area (Å²) in [5.74, 6) is -0.444. The number of aryl methyl sites for hydroxylation is 2. The summed E-state index contributed by atoms with van der Waals surface area (Å²) in [5, 5.41) is 9.58. The summed E-state index contributed by atoms with van der Waals surface area (Å²) in [6, 6.07) is 8.87. The lowest BCUT2D eigenvalue weighted by Crippen LogP contribution is -2.35. The van der Waals surface area contributed by atoms with Crippen LogP contribution in [0.5, 0.6) is 0 Å². The van der Waals surface area contributed by atoms with Crippen molar-refractivity contribution in [3.63, 3.8) is 0 Å². The molecule has 1 aromatic heterocycles. The fourth-order valence-electron chi connectivity index (χ4n) is 2.00. The lowest BCUT2D eigenvalue weighted by molar-refractivity contribution is -0.116. The predicted octanol–water partition coefficient (Wildman–Crippen LogP) is 1.74. The number of hydrogen-bond donors (Lipinski definition) is 2. The topological polar surface area (TPSA) is 78.1 Å². The minimum atomic E-state index is -0.255. The number of nitrogens with zero attached hydrogens (tertiary/aromatic N) is 2. The number of carbonyl (C=O) groups excluding carboxylic acids is 2. The summed E-state index contributed by atoms with van der Waals surface area (Å²) >= 11 is 0. The van der Waals surface area contributed by atoms with E-state index in [-0.39, 0.29) is 18.4 Å². The molecule has 1 aromatic carbocycles. The summed E-state index contributed by atoms with van der Waals surface area (Å²) < 4.78 is 0. The van der Waals surface area contributed by atoms with Crippen LogP contribution in [-0.2, 0) is 4.79 Å². The van der Waals surface area contributed by atoms with E-state index in [0.717, 1.165) is 11.4 Å². The second-order valence-electron chi connectivity index (χ2n) is 4.88. The molecule has 110 valence electrons. The summed E-state index contributed by atoms with van der Waals surface area (Å²) in [6.45, 7) is 3.62. The van der Waals surface area contributed by atoms with Crippen molar-refractivity contribution in [2.75, 3.05) is 18.9 Å². The van der Waals surface area contributed by atoms with Crippen LogP contribution in [0.1, 0.15) is 21.7 Å². The summed E-state index contributed by atoms with van der Waals surface area (Å²) in [6.07, 6.45) is 0. The van der Waals surface area contributed by atoms with Gasteiger partial charge in [0.2, 0.25) is 5.91 Å². The second kappa shape index (κ2) is 6.21. The van der Waals surface area contributed by atoms with Crippen molar-refractivity contribution in [2.24, 2.45) is 0 Å². The molecule has 1 heterocycles. The molecule has 0 spiro atoms. The maximum absolute atomic E-state index is 12.1. The van der Waals surface area contributed by atoms with E-state index in [1.54, 1.807) is 38.2 Å². The van der Waals surface area contributed by atoms with Crippen molar-refractivity contribution in [3.05, 3.63) is 47.3 Å². The van der Waals surface area contributed by atoms with Crippen molar-refractivity contribution >= 4 is 17.5 Å². The monoisotopic (exact) mass is 286 g/mol. The molecule has 0 radical (unpaired) electrons. The fourth-order valence-corrected chi connectivity index (χ4v) is 2.00. The quantitative estimate of drug-likeness (QED) is 0.898. The summed E-state index contributed by atoms with van der Waals surface area (Å²) in [4.78, 5) is 25.5. The van der Waals surface area contributed by atoms with Gasteiger partial charge in [-0.25, -0.2) is 0 Å². The number of nitrogens with one attached hydrogen (secondary N) is 2. The smallest absolute Gasteiger partial charge is 0.254 e. The largest absolute Gasteiger partial charge is 0.332 e. The molecular weight excluding hydrogens is 268 g/mol. The van der Waals surface area contributed by atoms with Crippen LogP contribution >= 0.6 is 0 Å². The summed E-state index contributed by atoms with van der Waals surface area (Å²) in [5.41, 5.74) is 2.74. The Morgan fingerprint density at radius 3 is 2.48 bits per heavy atom. The molecule has 6 heteroatoms. The Morgan fingerprint density at radius 2 is 1.90 bits per heavy atom. The van der Waals surface area contributed by atoms with Crippen molar-refractivity contribution in [3.8, 4) is 0 Å². The SMILES string of the molecule is Cc1n[nH]c(C)c1NC(=O)CN(C)C(=O)c1ccccc1. The molecule has 0 saturated carbocycles. The maximum Gasteiger partial charge on any atom is 0.254 e. The zero-order valence-corrected chi connectivity index (χ0v) is 12.3. The Hall–Kier alpha value is -2.63. The van der Waals surface area contributed by atoms with Crippen molar-refractivity contribution < 1.29 is 9.59 Å². The number of aromatic nitrogens is 2. The van der Waals surface area contributed by atoms with E-state index in [0.29, 0.717) is 11.3 Å². The van der Waals surface area contributed by atoms with E-state index in [4.69, 9.17) is 0 Å². The maximum atomic E-state index is 12.1. The molecule has 0 fully saturated rings. The molecule has 0 unspecified atom stereocenters. The van der Waals surface area contributed by atoms with Crippen LogP contribution in [0.4, 0.5) is 5.69 Å². The van der Waals surface area contributed by atoms with Crippen molar-refractivity contribution in [2.45, 2.75) is 13.8 Å². The molecule has 0 aliphatic carbocycles. The van der Waals surface area contributed by atoms with Gasteiger partial charge in [0.1, 0.15) is 0 Å². The molecule has 2 rings (SSSR count). The standard InChI is InChI=1S/C15H18N4O2/c1-10-14(11(2)18-17-10)16-13(20)9-19(3)15(21)12-7-5-4-6-8-12/h4-8H,9H2,1-3H3,(H,16,20)(H,17,18). The van der Waals surface area contributed by atoms with Gasteiger partial charge in [-0.1, -0.05) is 18.2 Å². The van der Waals surface area contributed by atoms with Gasteiger partial charge in [0.25, 0.3) is 5.91 Å². The molecule has 0 saturated heterocycles. The highest BCUT2D eigenvalue weighted by Gasteiger charge is 2.16. The third kappa shape index (κ3) is 3.47. The van der Waals surface area contributed by atoms with Gasteiger partial charge < -0.3 is 10.2 Å². The molecule has 21 heavy (non-hydrogen) atoms. The van der Waals surface area contributed by atoms with Crippen LogP contribution in [0.15, 0.2) is 30.3 Å². The molecule has 0 bridgehead atoms. The minimum absolute atomic E-state index is 0.0161. The van der Waals surface area contributed by atoms with Crippen LogP contribution in [0.2, 0.25) is 0 Å². The highest BCUT2D eigenvalue weighted by Crippen LogP contribution is 2.15. The Balaban J connectivity index is 1.98. The molecule has 2 amide bonds. The van der Waals surface area contributed by atoms with Gasteiger partial charge in [-0.3, -0.25) is 14.7 Å². The predicted molar refractivity (Wildman–Crippen MR) is 80.1 cm³/mol. The number of rotatable bonds is 4. The Kier molecular flexibility index (Phi) is 4.37. The van der Waals surface area contributed by atoms with Crippen molar-refractivity contribution in [1.29, 1.82) is 0 Å². The number of amides is 2. The highest BCUT2D eigenvalue weighted by atomic mass is 16.2. The zero-order valence-electron chi connectivity index (χ0n) is 12.3. The number of anilines is 1. The van der Waals surface area contributed by atoms with Crippen LogP contribution in [0.25, 0.3) is 0 Å². The van der Waals surface area contributed by atoms with E-state index < -0.39 is 0 Å². The Bertz CT molecular complexity index is 629. The number of hydrogen-bond acceptors (Lipinski definition) is 3. The van der Waals surface area contributed by atoms with Crippen LogP contribution < -0.4 is 5.32 Å². The first-order valence-electron chi connectivity index (χ1n) is 6.61. The van der Waals surface area contributed by atoms with E-state index in [9.17, 15) is 9.59 Å². The first-order valence-corrected chi connectivity index (χ1v) is 6.61. The number of likely N-dealkylation sites (N-methyl/N-ethyl adjacent to an activating group) is 1. The van der Waals surface area contributed by atoms with Crippen LogP contribution in [0.3, 0.4) is 0 Å². The van der Waals surface area contributed by atoms with Gasteiger partial charge in [0, 0.05) is 12.6 Å². The molecule has 0 aliphatic heterocycles. The minimum Gasteiger partial charge on any atom is -0.332 e. The zero-order chi connectivity index (χ0) is 15.4. The van der Waals surface area contributed by atoms with E-state index in [2.05, 4.69) is 15.5 Å². The average Bonchev–Trinajstić information content (AvgIpc) is 2.79. The van der Waals surface area contributed by atoms with Gasteiger partial charge in [0.05, 0.1) is 23.6 Å². The second-order valence-corrected chi connectivity index (χ2v) is 4.88. The summed E-state index contributed by atoms with van der Waals surface area (Å²) in [7, 11) is 1.60. The number of benzene rings is 1. The van der Waals surface area contributed by atoms with Crippen LogP contribution in [-0.4, -0.2) is 40.5 Å². The molecule has 2 aromatic rings. The van der Waals surface area contributed by atoms with Gasteiger partial charge in [-0.15, -0.1) is 0 Å².